The minimum absolute atomic E-state index is 0.218. The van der Waals surface area contributed by atoms with Crippen molar-refractivity contribution in [3.05, 3.63) is 34.3 Å². The Hall–Kier alpha value is -0.870. The minimum Gasteiger partial charge on any atom is -0.355 e. The number of nitrogens with one attached hydrogen (secondary N) is 1. The minimum atomic E-state index is -0.247. The molecular formula is C19H27BrN2O. The molecule has 126 valence electrons. The van der Waals surface area contributed by atoms with Gasteiger partial charge in [-0.3, -0.25) is 4.79 Å². The quantitative estimate of drug-likeness (QED) is 0.762. The van der Waals surface area contributed by atoms with Crippen molar-refractivity contribution < 1.29 is 4.79 Å². The van der Waals surface area contributed by atoms with Crippen LogP contribution >= 0.6 is 15.9 Å². The lowest BCUT2D eigenvalue weighted by atomic mass is 9.95. The number of benzene rings is 1. The highest BCUT2D eigenvalue weighted by atomic mass is 79.9. The molecule has 1 aromatic rings. The van der Waals surface area contributed by atoms with Crippen LogP contribution in [0.25, 0.3) is 0 Å². The summed E-state index contributed by atoms with van der Waals surface area (Å²) < 4.78 is 1.06. The third kappa shape index (κ3) is 4.36. The normalized spacial score (nSPS) is 20.7. The lowest BCUT2D eigenvalue weighted by Crippen LogP contribution is -2.36. The van der Waals surface area contributed by atoms with Gasteiger partial charge in [-0.25, -0.2) is 0 Å². The van der Waals surface area contributed by atoms with E-state index in [9.17, 15) is 4.79 Å². The Bertz CT molecular complexity index is 517. The molecule has 1 aromatic carbocycles. The van der Waals surface area contributed by atoms with Crippen molar-refractivity contribution in [1.29, 1.82) is 0 Å². The molecule has 4 heteroatoms. The fourth-order valence-corrected chi connectivity index (χ4v) is 3.84. The fourth-order valence-electron chi connectivity index (χ4n) is 3.57. The van der Waals surface area contributed by atoms with E-state index in [1.165, 1.54) is 38.8 Å². The predicted octanol–water partition coefficient (Wildman–Crippen LogP) is 3.86. The second-order valence-corrected chi connectivity index (χ2v) is 7.87. The Morgan fingerprint density at radius 3 is 2.35 bits per heavy atom. The molecule has 0 atom stereocenters. The predicted molar refractivity (Wildman–Crippen MR) is 97.6 cm³/mol. The van der Waals surface area contributed by atoms with Gasteiger partial charge in [-0.15, -0.1) is 0 Å². The SMILES string of the molecule is O=C(NCCCN1CCCCCC1)C1(c2ccc(Br)cc2)CC1. The van der Waals surface area contributed by atoms with Gasteiger partial charge in [0.25, 0.3) is 0 Å². The van der Waals surface area contributed by atoms with Crippen molar-refractivity contribution in [2.45, 2.75) is 50.4 Å². The molecule has 1 aliphatic heterocycles. The number of rotatable bonds is 6. The third-order valence-electron chi connectivity index (χ3n) is 5.22. The van der Waals surface area contributed by atoms with E-state index in [2.05, 4.69) is 38.3 Å². The molecule has 1 N–H and O–H groups in total. The van der Waals surface area contributed by atoms with Crippen LogP contribution in [0.5, 0.6) is 0 Å². The first-order chi connectivity index (χ1) is 11.2. The third-order valence-corrected chi connectivity index (χ3v) is 5.75. The highest BCUT2D eigenvalue weighted by Gasteiger charge is 2.50. The molecule has 1 heterocycles. The van der Waals surface area contributed by atoms with Gasteiger partial charge in [-0.2, -0.15) is 0 Å². The van der Waals surface area contributed by atoms with Gasteiger partial charge in [-0.05, 0) is 69.4 Å². The van der Waals surface area contributed by atoms with Gasteiger partial charge in [0.15, 0.2) is 0 Å². The summed E-state index contributed by atoms with van der Waals surface area (Å²) in [7, 11) is 0. The number of amides is 1. The lowest BCUT2D eigenvalue weighted by Gasteiger charge is -2.20. The number of carbonyl (C=O) groups excluding carboxylic acids is 1. The van der Waals surface area contributed by atoms with Gasteiger partial charge in [0, 0.05) is 11.0 Å². The molecule has 1 saturated carbocycles. The first-order valence-corrected chi connectivity index (χ1v) is 9.77. The number of hydrogen-bond donors (Lipinski definition) is 1. The zero-order valence-corrected chi connectivity index (χ0v) is 15.4. The molecule has 23 heavy (non-hydrogen) atoms. The van der Waals surface area contributed by atoms with E-state index >= 15 is 0 Å². The van der Waals surface area contributed by atoms with E-state index < -0.39 is 0 Å². The van der Waals surface area contributed by atoms with E-state index in [0.717, 1.165) is 42.4 Å². The van der Waals surface area contributed by atoms with E-state index in [4.69, 9.17) is 0 Å². The number of likely N-dealkylation sites (tertiary alicyclic amines) is 1. The highest BCUT2D eigenvalue weighted by Crippen LogP contribution is 2.48. The second-order valence-electron chi connectivity index (χ2n) is 6.95. The number of halogens is 1. The maximum absolute atomic E-state index is 12.6. The van der Waals surface area contributed by atoms with Crippen molar-refractivity contribution in [3.8, 4) is 0 Å². The van der Waals surface area contributed by atoms with Crippen LogP contribution in [-0.2, 0) is 10.2 Å². The standard InChI is InChI=1S/C19H27BrN2O/c20-17-8-6-16(7-9-17)19(10-11-19)18(23)21-12-5-15-22-13-3-1-2-4-14-22/h6-9H,1-5,10-15H2,(H,21,23). The summed E-state index contributed by atoms with van der Waals surface area (Å²) >= 11 is 3.46. The average molecular weight is 379 g/mol. The van der Waals surface area contributed by atoms with E-state index in [1.807, 2.05) is 12.1 Å². The fraction of sp³-hybridized carbons (Fsp3) is 0.632. The molecule has 1 amide bonds. The van der Waals surface area contributed by atoms with Crippen LogP contribution in [-0.4, -0.2) is 37.0 Å². The number of hydrogen-bond acceptors (Lipinski definition) is 2. The van der Waals surface area contributed by atoms with Crippen LogP contribution in [0, 0.1) is 0 Å². The first-order valence-electron chi connectivity index (χ1n) is 8.97. The smallest absolute Gasteiger partial charge is 0.230 e. The largest absolute Gasteiger partial charge is 0.355 e. The second kappa shape index (κ2) is 7.80. The van der Waals surface area contributed by atoms with Crippen molar-refractivity contribution in [1.82, 2.24) is 10.2 Å². The Kier molecular flexibility index (Phi) is 5.76. The van der Waals surface area contributed by atoms with Crippen molar-refractivity contribution in [3.63, 3.8) is 0 Å². The van der Waals surface area contributed by atoms with E-state index in [1.54, 1.807) is 0 Å². The summed E-state index contributed by atoms with van der Waals surface area (Å²) in [5.41, 5.74) is 0.911. The van der Waals surface area contributed by atoms with Crippen LogP contribution in [0.4, 0.5) is 0 Å². The molecule has 0 aromatic heterocycles. The summed E-state index contributed by atoms with van der Waals surface area (Å²) in [5.74, 6) is 0.218. The molecule has 0 radical (unpaired) electrons. The van der Waals surface area contributed by atoms with Gasteiger partial charge in [-0.1, -0.05) is 40.9 Å². The zero-order valence-electron chi connectivity index (χ0n) is 13.8. The van der Waals surface area contributed by atoms with Gasteiger partial charge >= 0.3 is 0 Å². The molecule has 1 saturated heterocycles. The molecule has 2 fully saturated rings. The Labute approximate surface area is 148 Å². The molecule has 2 aliphatic rings. The molecule has 0 bridgehead atoms. The number of carbonyl (C=O) groups is 1. The molecule has 3 rings (SSSR count). The van der Waals surface area contributed by atoms with Crippen molar-refractivity contribution >= 4 is 21.8 Å². The molecule has 0 spiro atoms. The van der Waals surface area contributed by atoms with Crippen LogP contribution < -0.4 is 5.32 Å². The van der Waals surface area contributed by atoms with Crippen LogP contribution in [0.15, 0.2) is 28.7 Å². The molecule has 3 nitrogen and oxygen atoms in total. The van der Waals surface area contributed by atoms with Crippen LogP contribution in [0.1, 0.15) is 50.5 Å². The molecular weight excluding hydrogens is 352 g/mol. The average Bonchev–Trinajstić information content (AvgIpc) is 3.37. The summed E-state index contributed by atoms with van der Waals surface area (Å²) in [6.45, 7) is 4.38. The van der Waals surface area contributed by atoms with E-state index in [0.29, 0.717) is 0 Å². The van der Waals surface area contributed by atoms with Gasteiger partial charge in [0.1, 0.15) is 0 Å². The topological polar surface area (TPSA) is 32.3 Å². The van der Waals surface area contributed by atoms with Gasteiger partial charge in [0.2, 0.25) is 5.91 Å². The first kappa shape index (κ1) is 17.0. The molecule has 0 unspecified atom stereocenters. The summed E-state index contributed by atoms with van der Waals surface area (Å²) in [6.07, 6.45) is 8.44. The number of nitrogens with zero attached hydrogens (tertiary/aromatic N) is 1. The maximum atomic E-state index is 12.6. The van der Waals surface area contributed by atoms with Gasteiger partial charge in [0.05, 0.1) is 5.41 Å². The van der Waals surface area contributed by atoms with E-state index in [-0.39, 0.29) is 11.3 Å². The summed E-state index contributed by atoms with van der Waals surface area (Å²) in [4.78, 5) is 15.1. The highest BCUT2D eigenvalue weighted by molar-refractivity contribution is 9.10. The molecule has 1 aliphatic carbocycles. The Balaban J connectivity index is 1.43. The monoisotopic (exact) mass is 378 g/mol. The maximum Gasteiger partial charge on any atom is 0.230 e. The van der Waals surface area contributed by atoms with Crippen LogP contribution in [0.2, 0.25) is 0 Å². The van der Waals surface area contributed by atoms with Crippen molar-refractivity contribution in [2.75, 3.05) is 26.2 Å². The summed E-state index contributed by atoms with van der Waals surface area (Å²) in [6, 6.07) is 8.21. The van der Waals surface area contributed by atoms with Crippen molar-refractivity contribution in [2.24, 2.45) is 0 Å². The van der Waals surface area contributed by atoms with Crippen LogP contribution in [0.3, 0.4) is 0 Å². The zero-order chi connectivity index (χ0) is 16.1. The van der Waals surface area contributed by atoms with Gasteiger partial charge < -0.3 is 10.2 Å². The Morgan fingerprint density at radius 2 is 1.74 bits per heavy atom. The summed E-state index contributed by atoms with van der Waals surface area (Å²) in [5, 5.41) is 3.18. The lowest BCUT2D eigenvalue weighted by molar-refractivity contribution is -0.123. The Morgan fingerprint density at radius 1 is 1.09 bits per heavy atom.